The van der Waals surface area contributed by atoms with Crippen molar-refractivity contribution in [3.8, 4) is 0 Å². The van der Waals surface area contributed by atoms with Crippen molar-refractivity contribution < 1.29 is 0 Å². The summed E-state index contributed by atoms with van der Waals surface area (Å²) in [5.41, 5.74) is 0. The molecule has 0 saturated carbocycles. The zero-order valence-electron chi connectivity index (χ0n) is 19.4. The second kappa shape index (κ2) is 13.5. The molecule has 0 bridgehead atoms. The predicted molar refractivity (Wildman–Crippen MR) is 143 cm³/mol. The SMILES string of the molecule is CCCCCCCCCCCC[PH](c1ccccc1)(c1ccccc1)c1ccccc1. The molecule has 0 atom stereocenters. The molecule has 3 rings (SSSR count). The van der Waals surface area contributed by atoms with E-state index in [1.165, 1.54) is 70.4 Å². The third kappa shape index (κ3) is 6.78. The van der Waals surface area contributed by atoms with E-state index in [9.17, 15) is 0 Å². The predicted octanol–water partition coefficient (Wildman–Crippen LogP) is 7.63. The van der Waals surface area contributed by atoms with Gasteiger partial charge in [0, 0.05) is 0 Å². The summed E-state index contributed by atoms with van der Waals surface area (Å²) in [6.45, 7) is 2.30. The maximum atomic E-state index is 2.38. The van der Waals surface area contributed by atoms with Gasteiger partial charge in [0.2, 0.25) is 0 Å². The third-order valence-electron chi connectivity index (χ3n) is 6.71. The molecule has 0 N–H and O–H groups in total. The van der Waals surface area contributed by atoms with Gasteiger partial charge in [-0.25, -0.2) is 0 Å². The van der Waals surface area contributed by atoms with E-state index < -0.39 is 7.26 Å². The first-order valence-electron chi connectivity index (χ1n) is 12.5. The summed E-state index contributed by atoms with van der Waals surface area (Å²) in [5.74, 6) is 0. The molecule has 0 radical (unpaired) electrons. The van der Waals surface area contributed by atoms with Crippen LogP contribution in [0, 0.1) is 0 Å². The molecule has 3 aromatic carbocycles. The van der Waals surface area contributed by atoms with Crippen LogP contribution in [0.15, 0.2) is 91.0 Å². The van der Waals surface area contributed by atoms with Crippen molar-refractivity contribution in [3.05, 3.63) is 91.0 Å². The maximum absolute atomic E-state index is 2.38. The van der Waals surface area contributed by atoms with Crippen LogP contribution in [0.25, 0.3) is 0 Å². The van der Waals surface area contributed by atoms with Crippen LogP contribution >= 0.6 is 7.26 Å². The Bertz CT molecular complexity index is 729. The van der Waals surface area contributed by atoms with Crippen LogP contribution in [0.3, 0.4) is 0 Å². The molecular formula is C30H41P. The van der Waals surface area contributed by atoms with Gasteiger partial charge in [0.1, 0.15) is 0 Å². The van der Waals surface area contributed by atoms with Crippen LogP contribution in [-0.2, 0) is 0 Å². The molecule has 0 unspecified atom stereocenters. The molecule has 0 fully saturated rings. The van der Waals surface area contributed by atoms with Crippen LogP contribution < -0.4 is 15.9 Å². The van der Waals surface area contributed by atoms with Crippen molar-refractivity contribution in [1.29, 1.82) is 0 Å². The molecule has 166 valence electrons. The van der Waals surface area contributed by atoms with Gasteiger partial charge >= 0.3 is 191 Å². The minimum absolute atomic E-state index is 1.29. The van der Waals surface area contributed by atoms with Crippen LogP contribution in [0.5, 0.6) is 0 Å². The first-order chi connectivity index (χ1) is 15.4. The number of unbranched alkanes of at least 4 members (excludes halogenated alkanes) is 9. The molecule has 0 aliphatic carbocycles. The van der Waals surface area contributed by atoms with Gasteiger partial charge in [0.25, 0.3) is 0 Å². The second-order valence-electron chi connectivity index (χ2n) is 8.94. The number of hydrogen-bond donors (Lipinski definition) is 0. The van der Waals surface area contributed by atoms with Gasteiger partial charge in [-0.3, -0.25) is 0 Å². The van der Waals surface area contributed by atoms with Gasteiger partial charge < -0.3 is 0 Å². The molecule has 31 heavy (non-hydrogen) atoms. The minimum atomic E-state index is -2.01. The van der Waals surface area contributed by atoms with Gasteiger partial charge in [0.15, 0.2) is 0 Å². The van der Waals surface area contributed by atoms with Crippen molar-refractivity contribution in [2.45, 2.75) is 71.1 Å². The average molecular weight is 433 g/mol. The van der Waals surface area contributed by atoms with Gasteiger partial charge in [-0.15, -0.1) is 0 Å². The fraction of sp³-hybridized carbons (Fsp3) is 0.400. The molecule has 0 amide bonds. The first-order valence-corrected chi connectivity index (χ1v) is 14.7. The number of rotatable bonds is 14. The molecule has 0 aliphatic rings. The van der Waals surface area contributed by atoms with Gasteiger partial charge in [0.05, 0.1) is 0 Å². The summed E-state index contributed by atoms with van der Waals surface area (Å²) in [7, 11) is -2.01. The first kappa shape index (κ1) is 23.7. The Labute approximate surface area is 191 Å². The molecule has 0 spiro atoms. The summed E-state index contributed by atoms with van der Waals surface area (Å²) in [4.78, 5) is 0. The Hall–Kier alpha value is -1.91. The second-order valence-corrected chi connectivity index (χ2v) is 13.0. The van der Waals surface area contributed by atoms with Crippen molar-refractivity contribution >= 4 is 23.2 Å². The summed E-state index contributed by atoms with van der Waals surface area (Å²) in [6.07, 6.45) is 15.2. The Morgan fingerprint density at radius 3 is 1.10 bits per heavy atom. The van der Waals surface area contributed by atoms with E-state index in [4.69, 9.17) is 0 Å². The van der Waals surface area contributed by atoms with E-state index in [1.54, 1.807) is 15.9 Å². The monoisotopic (exact) mass is 432 g/mol. The molecule has 0 saturated heterocycles. The molecule has 3 aromatic rings. The summed E-state index contributed by atoms with van der Waals surface area (Å²) >= 11 is 0. The van der Waals surface area contributed by atoms with E-state index in [0.29, 0.717) is 0 Å². The fourth-order valence-electron chi connectivity index (χ4n) is 4.98. The van der Waals surface area contributed by atoms with E-state index in [1.807, 2.05) is 0 Å². The Morgan fingerprint density at radius 1 is 0.419 bits per heavy atom. The van der Waals surface area contributed by atoms with E-state index in [-0.39, 0.29) is 0 Å². The van der Waals surface area contributed by atoms with Crippen LogP contribution in [0.4, 0.5) is 0 Å². The van der Waals surface area contributed by atoms with E-state index >= 15 is 0 Å². The van der Waals surface area contributed by atoms with Gasteiger partial charge in [-0.05, 0) is 0 Å². The van der Waals surface area contributed by atoms with Crippen molar-refractivity contribution in [1.82, 2.24) is 0 Å². The average Bonchev–Trinajstić information content (AvgIpc) is 2.84. The van der Waals surface area contributed by atoms with Crippen molar-refractivity contribution in [2.24, 2.45) is 0 Å². The Kier molecular flexibility index (Phi) is 10.3. The van der Waals surface area contributed by atoms with Crippen LogP contribution in [0.1, 0.15) is 71.1 Å². The Morgan fingerprint density at radius 2 is 0.742 bits per heavy atom. The normalized spacial score (nSPS) is 12.0. The molecule has 0 nitrogen and oxygen atoms in total. The van der Waals surface area contributed by atoms with E-state index in [2.05, 4.69) is 97.9 Å². The zero-order valence-corrected chi connectivity index (χ0v) is 20.4. The zero-order chi connectivity index (χ0) is 21.6. The van der Waals surface area contributed by atoms with Crippen molar-refractivity contribution in [3.63, 3.8) is 0 Å². The van der Waals surface area contributed by atoms with Gasteiger partial charge in [-0.1, -0.05) is 0 Å². The third-order valence-corrected chi connectivity index (χ3v) is 11.8. The number of benzene rings is 3. The molecular weight excluding hydrogens is 391 g/mol. The standard InChI is InChI=1S/C30H41P/c1-2-3-4-5-6-7-8-9-10-20-27-31(28-21-14-11-15-22-28,29-23-16-12-17-24-29)30-25-18-13-19-26-30/h11-19,21-26,31H,2-10,20,27H2,1H3. The van der Waals surface area contributed by atoms with Gasteiger partial charge in [-0.2, -0.15) is 0 Å². The number of hydrogen-bond acceptors (Lipinski definition) is 0. The van der Waals surface area contributed by atoms with Crippen molar-refractivity contribution in [2.75, 3.05) is 6.16 Å². The summed E-state index contributed by atoms with van der Waals surface area (Å²) in [6, 6.07) is 34.1. The molecule has 0 aromatic heterocycles. The summed E-state index contributed by atoms with van der Waals surface area (Å²) < 4.78 is 0. The van der Waals surface area contributed by atoms with Crippen LogP contribution in [0.2, 0.25) is 0 Å². The summed E-state index contributed by atoms with van der Waals surface area (Å²) in [5, 5.41) is 4.63. The molecule has 1 heteroatoms. The van der Waals surface area contributed by atoms with E-state index in [0.717, 1.165) is 0 Å². The quantitative estimate of drug-likeness (QED) is 0.181. The Balaban J connectivity index is 1.70. The molecule has 0 heterocycles. The molecule has 0 aliphatic heterocycles. The van der Waals surface area contributed by atoms with Crippen LogP contribution in [-0.4, -0.2) is 6.16 Å². The topological polar surface area (TPSA) is 0 Å². The fourth-order valence-corrected chi connectivity index (χ4v) is 9.91.